The lowest BCUT2D eigenvalue weighted by molar-refractivity contribution is -0.147. The molecule has 24 heavy (non-hydrogen) atoms. The van der Waals surface area contributed by atoms with E-state index >= 15 is 0 Å². The van der Waals surface area contributed by atoms with Crippen LogP contribution in [0.4, 0.5) is 4.39 Å². The van der Waals surface area contributed by atoms with Crippen LogP contribution >= 0.6 is 0 Å². The number of benzene rings is 1. The van der Waals surface area contributed by atoms with Gasteiger partial charge in [0.2, 0.25) is 5.91 Å². The van der Waals surface area contributed by atoms with Gasteiger partial charge in [0.15, 0.2) is 0 Å². The van der Waals surface area contributed by atoms with Gasteiger partial charge in [-0.25, -0.2) is 9.18 Å². The van der Waals surface area contributed by atoms with Crippen LogP contribution in [0.3, 0.4) is 0 Å². The minimum absolute atomic E-state index is 0.0473. The first-order valence-electron chi connectivity index (χ1n) is 7.27. The molecule has 8 heteroatoms. The lowest BCUT2D eigenvalue weighted by Crippen LogP contribution is -2.49. The van der Waals surface area contributed by atoms with Crippen LogP contribution in [-0.4, -0.2) is 36.5 Å². The molecule has 7 nitrogen and oxygen atoms in total. The summed E-state index contributed by atoms with van der Waals surface area (Å²) in [6, 6.07) is 3.14. The number of hydrogen-bond acceptors (Lipinski definition) is 5. The highest BCUT2D eigenvalue weighted by atomic mass is 19.1. The first-order valence-corrected chi connectivity index (χ1v) is 7.27. The second kappa shape index (κ2) is 8.62. The number of amides is 2. The standard InChI is InChI=1S/C16H18FN3O4/c1-4-24-16(23)10(3)20-14(21)9(2)19-15(22)11-5-6-13(17)12(7-11)8-18/h5-7,9-10H,4H2,1-3H3,(H,19,22)(H,20,21)/t9-,10-/m0/s1. The fraction of sp³-hybridized carbons (Fsp3) is 0.375. The molecule has 0 radical (unpaired) electrons. The van der Waals surface area contributed by atoms with E-state index in [-0.39, 0.29) is 17.7 Å². The summed E-state index contributed by atoms with van der Waals surface area (Å²) >= 11 is 0. The van der Waals surface area contributed by atoms with Crippen molar-refractivity contribution < 1.29 is 23.5 Å². The lowest BCUT2D eigenvalue weighted by Gasteiger charge is -2.17. The number of esters is 1. The molecule has 1 aromatic rings. The largest absolute Gasteiger partial charge is 0.464 e. The summed E-state index contributed by atoms with van der Waals surface area (Å²) in [6.45, 7) is 4.73. The van der Waals surface area contributed by atoms with Gasteiger partial charge in [0.05, 0.1) is 12.2 Å². The summed E-state index contributed by atoms with van der Waals surface area (Å²) in [4.78, 5) is 35.5. The minimum Gasteiger partial charge on any atom is -0.464 e. The van der Waals surface area contributed by atoms with Crippen LogP contribution < -0.4 is 10.6 Å². The maximum Gasteiger partial charge on any atom is 0.328 e. The van der Waals surface area contributed by atoms with Gasteiger partial charge in [-0.1, -0.05) is 0 Å². The molecule has 0 aromatic heterocycles. The summed E-state index contributed by atoms with van der Waals surface area (Å²) in [6.07, 6.45) is 0. The minimum atomic E-state index is -0.940. The SMILES string of the molecule is CCOC(=O)[C@H](C)NC(=O)[C@H](C)NC(=O)c1ccc(F)c(C#N)c1. The monoisotopic (exact) mass is 335 g/mol. The average molecular weight is 335 g/mol. The highest BCUT2D eigenvalue weighted by molar-refractivity contribution is 5.98. The fourth-order valence-corrected chi connectivity index (χ4v) is 1.76. The van der Waals surface area contributed by atoms with Crippen LogP contribution in [0.2, 0.25) is 0 Å². The summed E-state index contributed by atoms with van der Waals surface area (Å²) in [5.41, 5.74) is -0.221. The van der Waals surface area contributed by atoms with Gasteiger partial charge in [-0.15, -0.1) is 0 Å². The zero-order chi connectivity index (χ0) is 18.3. The highest BCUT2D eigenvalue weighted by Crippen LogP contribution is 2.09. The molecule has 0 aliphatic carbocycles. The maximum absolute atomic E-state index is 13.2. The van der Waals surface area contributed by atoms with Crippen LogP contribution in [0, 0.1) is 17.1 Å². The van der Waals surface area contributed by atoms with E-state index < -0.39 is 35.7 Å². The molecule has 0 bridgehead atoms. The number of carbonyl (C=O) groups is 3. The Morgan fingerprint density at radius 1 is 1.25 bits per heavy atom. The van der Waals surface area contributed by atoms with E-state index in [4.69, 9.17) is 10.00 Å². The van der Waals surface area contributed by atoms with Gasteiger partial charge in [-0.3, -0.25) is 9.59 Å². The molecule has 0 spiro atoms. The summed E-state index contributed by atoms with van der Waals surface area (Å²) in [5, 5.41) is 13.6. The first kappa shape index (κ1) is 19.1. The molecule has 2 N–H and O–H groups in total. The van der Waals surface area contributed by atoms with E-state index in [1.54, 1.807) is 13.0 Å². The predicted molar refractivity (Wildman–Crippen MR) is 82.3 cm³/mol. The molecule has 0 aliphatic rings. The molecule has 0 heterocycles. The molecule has 128 valence electrons. The molecule has 1 aromatic carbocycles. The lowest BCUT2D eigenvalue weighted by atomic mass is 10.1. The Hall–Kier alpha value is -2.95. The molecule has 1 rings (SSSR count). The second-order valence-electron chi connectivity index (χ2n) is 4.98. The second-order valence-corrected chi connectivity index (χ2v) is 4.98. The van der Waals surface area contributed by atoms with Crippen LogP contribution in [0.15, 0.2) is 18.2 Å². The summed E-state index contributed by atoms with van der Waals surface area (Å²) < 4.78 is 18.0. The Kier molecular flexibility index (Phi) is 6.86. The quantitative estimate of drug-likeness (QED) is 0.750. The van der Waals surface area contributed by atoms with Crippen molar-refractivity contribution in [1.29, 1.82) is 5.26 Å². The van der Waals surface area contributed by atoms with Crippen molar-refractivity contribution in [2.24, 2.45) is 0 Å². The molecule has 0 fully saturated rings. The summed E-state index contributed by atoms with van der Waals surface area (Å²) in [5.74, 6) is -2.53. The molecule has 2 amide bonds. The van der Waals surface area contributed by atoms with Gasteiger partial charge in [-0.2, -0.15) is 5.26 Å². The van der Waals surface area contributed by atoms with E-state index in [2.05, 4.69) is 10.6 Å². The van der Waals surface area contributed by atoms with Crippen LogP contribution in [0.25, 0.3) is 0 Å². The van der Waals surface area contributed by atoms with Crippen molar-refractivity contribution >= 4 is 17.8 Å². The predicted octanol–water partition coefficient (Wildman–Crippen LogP) is 0.883. The summed E-state index contributed by atoms with van der Waals surface area (Å²) in [7, 11) is 0. The topological polar surface area (TPSA) is 108 Å². The first-order chi connectivity index (χ1) is 11.3. The van der Waals surface area contributed by atoms with E-state index in [0.717, 1.165) is 12.1 Å². The van der Waals surface area contributed by atoms with E-state index in [0.29, 0.717) is 0 Å². The van der Waals surface area contributed by atoms with Gasteiger partial charge in [0, 0.05) is 5.56 Å². The van der Waals surface area contributed by atoms with Crippen LogP contribution in [0.5, 0.6) is 0 Å². The van der Waals surface area contributed by atoms with E-state index in [1.807, 2.05) is 0 Å². The molecule has 0 saturated carbocycles. The Morgan fingerprint density at radius 2 is 1.92 bits per heavy atom. The van der Waals surface area contributed by atoms with Crippen molar-refractivity contribution in [3.8, 4) is 6.07 Å². The Balaban J connectivity index is 2.68. The number of rotatable bonds is 6. The Bertz CT molecular complexity index is 684. The third-order valence-corrected chi connectivity index (χ3v) is 3.09. The number of nitrogens with one attached hydrogen (secondary N) is 2. The number of carbonyl (C=O) groups excluding carboxylic acids is 3. The van der Waals surface area contributed by atoms with E-state index in [9.17, 15) is 18.8 Å². The van der Waals surface area contributed by atoms with Gasteiger partial charge in [-0.05, 0) is 39.0 Å². The Labute approximate surface area is 138 Å². The number of nitriles is 1. The average Bonchev–Trinajstić information content (AvgIpc) is 2.55. The molecular weight excluding hydrogens is 317 g/mol. The zero-order valence-corrected chi connectivity index (χ0v) is 13.6. The third kappa shape index (κ3) is 5.05. The Morgan fingerprint density at radius 3 is 2.50 bits per heavy atom. The van der Waals surface area contributed by atoms with Gasteiger partial charge in [0.25, 0.3) is 5.91 Å². The molecular formula is C16H18FN3O4. The highest BCUT2D eigenvalue weighted by Gasteiger charge is 2.22. The number of hydrogen-bond donors (Lipinski definition) is 2. The number of nitrogens with zero attached hydrogens (tertiary/aromatic N) is 1. The van der Waals surface area contributed by atoms with Gasteiger partial charge < -0.3 is 15.4 Å². The molecule has 2 atom stereocenters. The number of ether oxygens (including phenoxy) is 1. The van der Waals surface area contributed by atoms with Crippen LogP contribution in [0.1, 0.15) is 36.7 Å². The van der Waals surface area contributed by atoms with E-state index in [1.165, 1.54) is 19.9 Å². The zero-order valence-electron chi connectivity index (χ0n) is 13.6. The number of halogens is 1. The molecule has 0 unspecified atom stereocenters. The van der Waals surface area contributed by atoms with Crippen LogP contribution in [-0.2, 0) is 14.3 Å². The normalized spacial score (nSPS) is 12.5. The molecule has 0 saturated heterocycles. The van der Waals surface area contributed by atoms with Crippen molar-refractivity contribution in [2.75, 3.05) is 6.61 Å². The third-order valence-electron chi connectivity index (χ3n) is 3.09. The maximum atomic E-state index is 13.2. The van der Waals surface area contributed by atoms with Crippen molar-refractivity contribution in [1.82, 2.24) is 10.6 Å². The fourth-order valence-electron chi connectivity index (χ4n) is 1.76. The van der Waals surface area contributed by atoms with Crippen molar-refractivity contribution in [2.45, 2.75) is 32.9 Å². The van der Waals surface area contributed by atoms with Gasteiger partial charge in [0.1, 0.15) is 24.0 Å². The van der Waals surface area contributed by atoms with Gasteiger partial charge >= 0.3 is 5.97 Å². The smallest absolute Gasteiger partial charge is 0.328 e. The van der Waals surface area contributed by atoms with Crippen molar-refractivity contribution in [3.05, 3.63) is 35.1 Å². The van der Waals surface area contributed by atoms with Crippen molar-refractivity contribution in [3.63, 3.8) is 0 Å². The molecule has 0 aliphatic heterocycles.